The lowest BCUT2D eigenvalue weighted by Crippen LogP contribution is -2.17. The quantitative estimate of drug-likeness (QED) is 0.749. The summed E-state index contributed by atoms with van der Waals surface area (Å²) >= 11 is 5.43. The molecule has 2 rings (SSSR count). The second-order valence-electron chi connectivity index (χ2n) is 6.17. The molecule has 108 valence electrons. The molecule has 1 aromatic carbocycles. The largest absolute Gasteiger partial charge is 0.305 e. The number of hydrogen-bond acceptors (Lipinski definition) is 2. The van der Waals surface area contributed by atoms with Gasteiger partial charge in [-0.05, 0) is 42.2 Å². The lowest BCUT2D eigenvalue weighted by Gasteiger charge is -2.16. The van der Waals surface area contributed by atoms with Gasteiger partial charge in [-0.25, -0.2) is 0 Å². The average molecular weight is 352 g/mol. The molecule has 0 bridgehead atoms. The number of hydrogen-bond donors (Lipinski definition) is 1. The zero-order valence-electron chi connectivity index (χ0n) is 12.5. The van der Waals surface area contributed by atoms with E-state index in [9.17, 15) is 0 Å². The van der Waals surface area contributed by atoms with E-state index in [0.717, 1.165) is 11.0 Å². The summed E-state index contributed by atoms with van der Waals surface area (Å²) in [6.07, 6.45) is 0. The van der Waals surface area contributed by atoms with E-state index in [2.05, 4.69) is 85.3 Å². The predicted octanol–water partition coefficient (Wildman–Crippen LogP) is 5.66. The first-order valence-electron chi connectivity index (χ1n) is 6.94. The maximum Gasteiger partial charge on any atom is 0.0305 e. The highest BCUT2D eigenvalue weighted by Crippen LogP contribution is 2.29. The van der Waals surface area contributed by atoms with Gasteiger partial charge in [-0.1, -0.05) is 48.8 Å². The second kappa shape index (κ2) is 6.42. The van der Waals surface area contributed by atoms with Crippen molar-refractivity contribution in [3.63, 3.8) is 0 Å². The summed E-state index contributed by atoms with van der Waals surface area (Å²) in [5.74, 6) is 0. The molecule has 0 amide bonds. The molecule has 1 aromatic heterocycles. The fourth-order valence-corrected chi connectivity index (χ4v) is 3.46. The molecule has 20 heavy (non-hydrogen) atoms. The number of halogens is 1. The number of benzene rings is 1. The zero-order chi connectivity index (χ0) is 14.8. The van der Waals surface area contributed by atoms with E-state index in [0.29, 0.717) is 6.04 Å². The van der Waals surface area contributed by atoms with Gasteiger partial charge in [0.1, 0.15) is 0 Å². The molecule has 1 N–H and O–H groups in total. The highest BCUT2D eigenvalue weighted by atomic mass is 79.9. The Hall–Kier alpha value is -0.640. The first-order valence-corrected chi connectivity index (χ1v) is 8.55. The minimum atomic E-state index is 0.249. The highest BCUT2D eigenvalue weighted by Gasteiger charge is 2.16. The molecule has 0 aliphatic heterocycles. The summed E-state index contributed by atoms with van der Waals surface area (Å²) in [6, 6.07) is 13.3. The van der Waals surface area contributed by atoms with Gasteiger partial charge in [0.15, 0.2) is 0 Å². The Bertz CT molecular complexity index is 568. The molecule has 0 aliphatic carbocycles. The van der Waals surface area contributed by atoms with E-state index in [1.807, 2.05) is 11.3 Å². The van der Waals surface area contributed by atoms with Crippen LogP contribution in [0.25, 0.3) is 0 Å². The Morgan fingerprint density at radius 2 is 1.95 bits per heavy atom. The predicted molar refractivity (Wildman–Crippen MR) is 92.4 cm³/mol. The van der Waals surface area contributed by atoms with Crippen LogP contribution in [0.1, 0.15) is 49.1 Å². The minimum Gasteiger partial charge on any atom is -0.305 e. The SMILES string of the molecule is C[C@@H](NCc1ccc(C(C)(C)C)s1)c1cccc(Br)c1. The Morgan fingerprint density at radius 1 is 1.20 bits per heavy atom. The van der Waals surface area contributed by atoms with Crippen LogP contribution in [0.15, 0.2) is 40.9 Å². The average Bonchev–Trinajstić information content (AvgIpc) is 2.84. The highest BCUT2D eigenvalue weighted by molar-refractivity contribution is 9.10. The van der Waals surface area contributed by atoms with Gasteiger partial charge in [0, 0.05) is 26.8 Å². The van der Waals surface area contributed by atoms with Crippen molar-refractivity contribution in [2.45, 2.75) is 45.7 Å². The van der Waals surface area contributed by atoms with Crippen LogP contribution in [0.4, 0.5) is 0 Å². The van der Waals surface area contributed by atoms with Crippen LogP contribution < -0.4 is 5.32 Å². The third-order valence-corrected chi connectivity index (χ3v) is 5.34. The molecule has 3 heteroatoms. The van der Waals surface area contributed by atoms with E-state index in [1.54, 1.807) is 0 Å². The topological polar surface area (TPSA) is 12.0 Å². The summed E-state index contributed by atoms with van der Waals surface area (Å²) in [5.41, 5.74) is 1.56. The van der Waals surface area contributed by atoms with Crippen molar-refractivity contribution in [1.82, 2.24) is 5.32 Å². The van der Waals surface area contributed by atoms with E-state index in [-0.39, 0.29) is 5.41 Å². The molecule has 1 atom stereocenters. The Balaban J connectivity index is 1.97. The van der Waals surface area contributed by atoms with Crippen LogP contribution in [-0.2, 0) is 12.0 Å². The van der Waals surface area contributed by atoms with Gasteiger partial charge >= 0.3 is 0 Å². The maximum absolute atomic E-state index is 3.60. The molecule has 2 aromatic rings. The van der Waals surface area contributed by atoms with Crippen LogP contribution >= 0.6 is 27.3 Å². The van der Waals surface area contributed by atoms with Crippen LogP contribution in [-0.4, -0.2) is 0 Å². The van der Waals surface area contributed by atoms with Crippen molar-refractivity contribution in [2.75, 3.05) is 0 Å². The summed E-state index contributed by atoms with van der Waals surface area (Å²) in [6.45, 7) is 9.93. The van der Waals surface area contributed by atoms with E-state index in [4.69, 9.17) is 0 Å². The third kappa shape index (κ3) is 4.18. The first-order chi connectivity index (χ1) is 9.36. The lowest BCUT2D eigenvalue weighted by atomic mass is 9.95. The number of nitrogens with one attached hydrogen (secondary N) is 1. The summed E-state index contributed by atoms with van der Waals surface area (Å²) in [4.78, 5) is 2.85. The molecule has 1 heterocycles. The number of thiophene rings is 1. The molecule has 0 radical (unpaired) electrons. The van der Waals surface area contributed by atoms with Crippen molar-refractivity contribution < 1.29 is 0 Å². The Kier molecular flexibility index (Phi) is 5.05. The standard InChI is InChI=1S/C17H22BrNS/c1-12(13-6-5-7-14(18)10-13)19-11-15-8-9-16(20-15)17(2,3)4/h5-10,12,19H,11H2,1-4H3/t12-/m1/s1. The molecule has 1 nitrogen and oxygen atoms in total. The molecule has 0 spiro atoms. The second-order valence-corrected chi connectivity index (χ2v) is 8.26. The van der Waals surface area contributed by atoms with Gasteiger partial charge < -0.3 is 5.32 Å². The van der Waals surface area contributed by atoms with E-state index < -0.39 is 0 Å². The van der Waals surface area contributed by atoms with Crippen LogP contribution in [0.2, 0.25) is 0 Å². The molecular formula is C17H22BrNS. The summed E-state index contributed by atoms with van der Waals surface area (Å²) in [7, 11) is 0. The first kappa shape index (κ1) is 15.7. The lowest BCUT2D eigenvalue weighted by molar-refractivity contribution is 0.578. The van der Waals surface area contributed by atoms with Crippen molar-refractivity contribution in [2.24, 2.45) is 0 Å². The summed E-state index contributed by atoms with van der Waals surface area (Å²) in [5, 5.41) is 3.60. The smallest absolute Gasteiger partial charge is 0.0305 e. The van der Waals surface area contributed by atoms with Crippen molar-refractivity contribution >= 4 is 27.3 Å². The normalized spacial score (nSPS) is 13.4. The molecule has 0 saturated heterocycles. The minimum absolute atomic E-state index is 0.249. The van der Waals surface area contributed by atoms with Gasteiger partial charge in [-0.15, -0.1) is 11.3 Å². The van der Waals surface area contributed by atoms with Gasteiger partial charge in [0.2, 0.25) is 0 Å². The van der Waals surface area contributed by atoms with E-state index >= 15 is 0 Å². The fourth-order valence-electron chi connectivity index (χ4n) is 2.02. The van der Waals surface area contributed by atoms with Gasteiger partial charge in [-0.2, -0.15) is 0 Å². The molecule has 0 unspecified atom stereocenters. The Morgan fingerprint density at radius 3 is 2.55 bits per heavy atom. The monoisotopic (exact) mass is 351 g/mol. The van der Waals surface area contributed by atoms with Gasteiger partial charge in [0.25, 0.3) is 0 Å². The molecule has 0 aliphatic rings. The van der Waals surface area contributed by atoms with Crippen molar-refractivity contribution in [1.29, 1.82) is 0 Å². The van der Waals surface area contributed by atoms with Gasteiger partial charge in [0.05, 0.1) is 0 Å². The number of rotatable bonds is 4. The third-order valence-electron chi connectivity index (χ3n) is 3.33. The van der Waals surface area contributed by atoms with Crippen LogP contribution in [0.5, 0.6) is 0 Å². The maximum atomic E-state index is 3.60. The van der Waals surface area contributed by atoms with Crippen LogP contribution in [0.3, 0.4) is 0 Å². The molecular weight excluding hydrogens is 330 g/mol. The Labute approximate surface area is 134 Å². The zero-order valence-corrected chi connectivity index (χ0v) is 14.9. The molecule has 0 saturated carbocycles. The van der Waals surface area contributed by atoms with Crippen molar-refractivity contribution in [3.8, 4) is 0 Å². The fraction of sp³-hybridized carbons (Fsp3) is 0.412. The summed E-state index contributed by atoms with van der Waals surface area (Å²) < 4.78 is 1.13. The van der Waals surface area contributed by atoms with Gasteiger partial charge in [-0.3, -0.25) is 0 Å². The van der Waals surface area contributed by atoms with Crippen molar-refractivity contribution in [3.05, 3.63) is 56.2 Å². The van der Waals surface area contributed by atoms with E-state index in [1.165, 1.54) is 15.3 Å². The van der Waals surface area contributed by atoms with Crippen LogP contribution in [0, 0.1) is 0 Å². The molecule has 0 fully saturated rings.